The van der Waals surface area contributed by atoms with E-state index in [4.69, 9.17) is 16.0 Å². The van der Waals surface area contributed by atoms with Crippen LogP contribution in [0.15, 0.2) is 21.6 Å². The Morgan fingerprint density at radius 3 is 2.56 bits per heavy atom. The zero-order valence-corrected chi connectivity index (χ0v) is 12.0. The number of alkyl halides is 1. The molecule has 2 heterocycles. The highest BCUT2D eigenvalue weighted by molar-refractivity contribution is 7.89. The molecule has 0 bridgehead atoms. The van der Waals surface area contributed by atoms with E-state index in [1.54, 1.807) is 6.07 Å². The molecule has 0 N–H and O–H groups in total. The van der Waals surface area contributed by atoms with Crippen molar-refractivity contribution >= 4 is 21.6 Å². The first kappa shape index (κ1) is 13.9. The molecule has 2 rings (SSSR count). The predicted octanol–water partition coefficient (Wildman–Crippen LogP) is 2.83. The van der Waals surface area contributed by atoms with Crippen LogP contribution in [-0.4, -0.2) is 25.8 Å². The summed E-state index contributed by atoms with van der Waals surface area (Å²) in [5.41, 5.74) is 0. The Balaban J connectivity index is 2.12. The molecule has 0 aromatic carbocycles. The minimum Gasteiger partial charge on any atom is -0.447 e. The molecule has 0 spiro atoms. The van der Waals surface area contributed by atoms with Gasteiger partial charge in [0.2, 0.25) is 5.09 Å². The maximum absolute atomic E-state index is 12.3. The molecule has 0 unspecified atom stereocenters. The van der Waals surface area contributed by atoms with Crippen molar-refractivity contribution < 1.29 is 12.8 Å². The summed E-state index contributed by atoms with van der Waals surface area (Å²) >= 11 is 5.61. The fraction of sp³-hybridized carbons (Fsp3) is 0.667. The average Bonchev–Trinajstić information content (AvgIpc) is 2.88. The van der Waals surface area contributed by atoms with Crippen LogP contribution >= 0.6 is 11.6 Å². The Hall–Kier alpha value is -0.520. The highest BCUT2D eigenvalue weighted by Gasteiger charge is 2.31. The van der Waals surface area contributed by atoms with Crippen molar-refractivity contribution in [2.24, 2.45) is 5.92 Å². The van der Waals surface area contributed by atoms with Gasteiger partial charge in [-0.1, -0.05) is 13.3 Å². The number of rotatable bonds is 4. The largest absolute Gasteiger partial charge is 0.447 e. The van der Waals surface area contributed by atoms with Crippen molar-refractivity contribution in [2.45, 2.75) is 37.2 Å². The van der Waals surface area contributed by atoms with E-state index in [1.165, 1.54) is 10.4 Å². The van der Waals surface area contributed by atoms with Crippen molar-refractivity contribution in [3.05, 3.63) is 17.9 Å². The van der Waals surface area contributed by atoms with Crippen LogP contribution in [0.25, 0.3) is 0 Å². The maximum atomic E-state index is 12.3. The zero-order chi connectivity index (χ0) is 13.2. The van der Waals surface area contributed by atoms with Crippen molar-refractivity contribution in [1.82, 2.24) is 4.31 Å². The summed E-state index contributed by atoms with van der Waals surface area (Å²) in [4.78, 5) is 0. The zero-order valence-electron chi connectivity index (χ0n) is 10.4. The van der Waals surface area contributed by atoms with Gasteiger partial charge in [0.25, 0.3) is 10.0 Å². The van der Waals surface area contributed by atoms with E-state index in [1.807, 2.05) is 0 Å². The van der Waals surface area contributed by atoms with Gasteiger partial charge in [-0.05, 0) is 30.9 Å². The van der Waals surface area contributed by atoms with Crippen molar-refractivity contribution in [1.29, 1.82) is 0 Å². The van der Waals surface area contributed by atoms with Gasteiger partial charge in [-0.2, -0.15) is 4.31 Å². The SMILES string of the molecule is CCC1CCN(S(=O)(=O)c2ccc(CCl)o2)CC1. The Kier molecular flexibility index (Phi) is 4.35. The lowest BCUT2D eigenvalue weighted by molar-refractivity contribution is 0.263. The summed E-state index contributed by atoms with van der Waals surface area (Å²) in [7, 11) is -3.47. The second-order valence-corrected chi connectivity index (χ2v) is 6.75. The minimum atomic E-state index is -3.47. The minimum absolute atomic E-state index is 0.00750. The number of sulfonamides is 1. The van der Waals surface area contributed by atoms with Crippen LogP contribution in [0.4, 0.5) is 0 Å². The molecule has 0 atom stereocenters. The molecule has 0 saturated carbocycles. The highest BCUT2D eigenvalue weighted by Crippen LogP contribution is 2.26. The van der Waals surface area contributed by atoms with E-state index in [0.29, 0.717) is 24.8 Å². The van der Waals surface area contributed by atoms with Crippen LogP contribution in [0.3, 0.4) is 0 Å². The quantitative estimate of drug-likeness (QED) is 0.802. The standard InChI is InChI=1S/C12H18ClNO3S/c1-2-10-5-7-14(8-6-10)18(15,16)12-4-3-11(9-13)17-12/h3-4,10H,2,5-9H2,1H3. The van der Waals surface area contributed by atoms with Gasteiger partial charge in [-0.15, -0.1) is 11.6 Å². The number of hydrogen-bond donors (Lipinski definition) is 0. The van der Waals surface area contributed by atoms with Crippen LogP contribution in [0.5, 0.6) is 0 Å². The van der Waals surface area contributed by atoms with Crippen molar-refractivity contribution in [2.75, 3.05) is 13.1 Å². The first-order valence-corrected chi connectivity index (χ1v) is 8.20. The summed E-state index contributed by atoms with van der Waals surface area (Å²) in [6, 6.07) is 3.09. The summed E-state index contributed by atoms with van der Waals surface area (Å²) in [5.74, 6) is 1.32. The lowest BCUT2D eigenvalue weighted by atomic mass is 9.96. The molecule has 1 aliphatic rings. The molecule has 0 aliphatic carbocycles. The maximum Gasteiger partial charge on any atom is 0.276 e. The Labute approximate surface area is 113 Å². The Morgan fingerprint density at radius 2 is 2.06 bits per heavy atom. The molecule has 1 saturated heterocycles. The van der Waals surface area contributed by atoms with Crippen LogP contribution in [0, 0.1) is 5.92 Å². The van der Waals surface area contributed by atoms with Gasteiger partial charge >= 0.3 is 0 Å². The van der Waals surface area contributed by atoms with E-state index in [-0.39, 0.29) is 11.0 Å². The first-order chi connectivity index (χ1) is 8.57. The Morgan fingerprint density at radius 1 is 1.39 bits per heavy atom. The predicted molar refractivity (Wildman–Crippen MR) is 70.0 cm³/mol. The molecule has 1 aliphatic heterocycles. The van der Waals surface area contributed by atoms with E-state index >= 15 is 0 Å². The van der Waals surface area contributed by atoms with Gasteiger partial charge in [0, 0.05) is 13.1 Å². The second kappa shape index (κ2) is 5.63. The topological polar surface area (TPSA) is 50.5 Å². The van der Waals surface area contributed by atoms with Gasteiger partial charge in [0.15, 0.2) is 0 Å². The van der Waals surface area contributed by atoms with E-state index in [0.717, 1.165) is 19.3 Å². The third kappa shape index (κ3) is 2.73. The number of furan rings is 1. The van der Waals surface area contributed by atoms with Gasteiger partial charge in [0.05, 0.1) is 5.88 Å². The van der Waals surface area contributed by atoms with Crippen molar-refractivity contribution in [3.63, 3.8) is 0 Å². The molecular formula is C12H18ClNO3S. The van der Waals surface area contributed by atoms with E-state index < -0.39 is 10.0 Å². The first-order valence-electron chi connectivity index (χ1n) is 6.22. The number of nitrogens with zero attached hydrogens (tertiary/aromatic N) is 1. The molecule has 6 heteroatoms. The van der Waals surface area contributed by atoms with Gasteiger partial charge in [-0.3, -0.25) is 0 Å². The third-order valence-electron chi connectivity index (χ3n) is 3.51. The van der Waals surface area contributed by atoms with Gasteiger partial charge < -0.3 is 4.42 Å². The summed E-state index contributed by atoms with van der Waals surface area (Å²) in [6.07, 6.45) is 2.97. The lowest BCUT2D eigenvalue weighted by Gasteiger charge is -2.29. The van der Waals surface area contributed by atoms with Crippen molar-refractivity contribution in [3.8, 4) is 0 Å². The fourth-order valence-corrected chi connectivity index (χ4v) is 3.80. The molecule has 1 aromatic heterocycles. The van der Waals surface area contributed by atoms with E-state index in [9.17, 15) is 8.42 Å². The third-order valence-corrected chi connectivity index (χ3v) is 5.55. The van der Waals surface area contributed by atoms with Crippen LogP contribution in [0.2, 0.25) is 0 Å². The molecule has 1 fully saturated rings. The molecule has 102 valence electrons. The molecule has 1 aromatic rings. The molecule has 0 amide bonds. The normalized spacial score (nSPS) is 19.2. The monoisotopic (exact) mass is 291 g/mol. The number of halogens is 1. The average molecular weight is 292 g/mol. The lowest BCUT2D eigenvalue weighted by Crippen LogP contribution is -2.38. The van der Waals surface area contributed by atoms with E-state index in [2.05, 4.69) is 6.92 Å². The number of hydrogen-bond acceptors (Lipinski definition) is 3. The number of piperidine rings is 1. The van der Waals surface area contributed by atoms with Gasteiger partial charge in [0.1, 0.15) is 5.76 Å². The van der Waals surface area contributed by atoms with Crippen LogP contribution in [-0.2, 0) is 15.9 Å². The van der Waals surface area contributed by atoms with Crippen LogP contribution < -0.4 is 0 Å². The summed E-state index contributed by atoms with van der Waals surface area (Å²) in [6.45, 7) is 3.31. The molecule has 4 nitrogen and oxygen atoms in total. The molecule has 0 radical (unpaired) electrons. The van der Waals surface area contributed by atoms with Gasteiger partial charge in [-0.25, -0.2) is 8.42 Å². The summed E-state index contributed by atoms with van der Waals surface area (Å²) in [5, 5.41) is 0.00750. The summed E-state index contributed by atoms with van der Waals surface area (Å²) < 4.78 is 31.4. The Bertz CT molecular complexity index is 489. The second-order valence-electron chi connectivity index (χ2n) is 4.61. The van der Waals surface area contributed by atoms with Crippen LogP contribution in [0.1, 0.15) is 31.9 Å². The molecule has 18 heavy (non-hydrogen) atoms. The smallest absolute Gasteiger partial charge is 0.276 e. The highest BCUT2D eigenvalue weighted by atomic mass is 35.5. The molecular weight excluding hydrogens is 274 g/mol. The fourth-order valence-electron chi connectivity index (χ4n) is 2.25.